The molecule has 5 rings (SSSR count). The molecule has 1 aromatic carbocycles. The summed E-state index contributed by atoms with van der Waals surface area (Å²) in [6.45, 7) is 5.32. The number of aromatic nitrogens is 4. The minimum absolute atomic E-state index is 0.000970. The zero-order valence-corrected chi connectivity index (χ0v) is 17.9. The van der Waals surface area contributed by atoms with Crippen molar-refractivity contribution in [1.82, 2.24) is 19.5 Å². The maximum absolute atomic E-state index is 11.1. The molecular weight excluding hydrogens is 424 g/mol. The van der Waals surface area contributed by atoms with Gasteiger partial charge in [-0.05, 0) is 31.2 Å². The van der Waals surface area contributed by atoms with Crippen LogP contribution in [-0.4, -0.2) is 54.1 Å². The van der Waals surface area contributed by atoms with Gasteiger partial charge in [-0.1, -0.05) is 12.7 Å². The van der Waals surface area contributed by atoms with Crippen molar-refractivity contribution < 1.29 is 19.7 Å². The molecule has 10 nitrogen and oxygen atoms in total. The van der Waals surface area contributed by atoms with Crippen LogP contribution in [0.15, 0.2) is 49.4 Å². The number of ether oxygens (including phenoxy) is 2. The van der Waals surface area contributed by atoms with Crippen LogP contribution in [0.25, 0.3) is 28.0 Å². The molecule has 0 radical (unpaired) electrons. The van der Waals surface area contributed by atoms with Crippen molar-refractivity contribution in [1.29, 1.82) is 0 Å². The number of hydrogen-bond acceptors (Lipinski definition) is 9. The Kier molecular flexibility index (Phi) is 4.93. The summed E-state index contributed by atoms with van der Waals surface area (Å²) in [4.78, 5) is 12.6. The number of anilines is 2. The van der Waals surface area contributed by atoms with E-state index < -0.39 is 24.0 Å². The third kappa shape index (κ3) is 3.44. The molecule has 4 heterocycles. The van der Waals surface area contributed by atoms with Gasteiger partial charge in [0, 0.05) is 23.2 Å². The summed E-state index contributed by atoms with van der Waals surface area (Å²) in [6, 6.07) is 9.04. The number of nitrogen functional groups attached to an aromatic ring is 2. The molecule has 0 spiro atoms. The molecule has 4 aromatic rings. The van der Waals surface area contributed by atoms with Crippen LogP contribution in [0.1, 0.15) is 18.7 Å². The molecule has 6 N–H and O–H groups in total. The van der Waals surface area contributed by atoms with Crippen LogP contribution in [0.2, 0.25) is 0 Å². The molecule has 10 heteroatoms. The highest BCUT2D eigenvalue weighted by atomic mass is 16.6. The minimum atomic E-state index is -1.59. The largest absolute Gasteiger partial charge is 0.491 e. The van der Waals surface area contributed by atoms with E-state index in [0.29, 0.717) is 39.5 Å². The first-order chi connectivity index (χ1) is 15.8. The van der Waals surface area contributed by atoms with E-state index in [0.717, 1.165) is 5.39 Å². The Labute approximate surface area is 189 Å². The second-order valence-corrected chi connectivity index (χ2v) is 8.24. The molecule has 0 aliphatic carbocycles. The normalized spacial score (nSPS) is 25.0. The number of aliphatic hydroxyl groups is 2. The van der Waals surface area contributed by atoms with E-state index in [-0.39, 0.29) is 6.61 Å². The molecule has 1 fully saturated rings. The van der Waals surface area contributed by atoms with Gasteiger partial charge in [0.15, 0.2) is 6.23 Å². The number of nitrogens with two attached hydrogens (primary N) is 2. The molecule has 1 aliphatic rings. The van der Waals surface area contributed by atoms with E-state index in [2.05, 4.69) is 21.5 Å². The highest BCUT2D eigenvalue weighted by molar-refractivity contribution is 5.94. The monoisotopic (exact) mass is 448 g/mol. The van der Waals surface area contributed by atoms with Crippen LogP contribution >= 0.6 is 0 Å². The summed E-state index contributed by atoms with van der Waals surface area (Å²) < 4.78 is 13.6. The molecule has 0 unspecified atom stereocenters. The predicted octanol–water partition coefficient (Wildman–Crippen LogP) is 1.88. The number of pyridine rings is 1. The van der Waals surface area contributed by atoms with Crippen LogP contribution in [0.4, 0.5) is 11.6 Å². The lowest BCUT2D eigenvalue weighted by Crippen LogP contribution is -2.47. The molecule has 0 bridgehead atoms. The molecule has 0 amide bonds. The zero-order valence-electron chi connectivity index (χ0n) is 17.9. The van der Waals surface area contributed by atoms with Crippen LogP contribution in [0.5, 0.6) is 5.75 Å². The Bertz CT molecular complexity index is 1370. The summed E-state index contributed by atoms with van der Waals surface area (Å²) in [5, 5.41) is 23.5. The summed E-state index contributed by atoms with van der Waals surface area (Å²) in [6.07, 6.45) is 1.67. The first-order valence-electron chi connectivity index (χ1n) is 10.4. The molecule has 1 saturated heterocycles. The zero-order chi connectivity index (χ0) is 23.3. The highest BCUT2D eigenvalue weighted by Gasteiger charge is 2.53. The van der Waals surface area contributed by atoms with Gasteiger partial charge in [-0.2, -0.15) is 0 Å². The molecule has 0 saturated carbocycles. The maximum Gasteiger partial charge on any atom is 0.164 e. The Morgan fingerprint density at radius 1 is 1.27 bits per heavy atom. The van der Waals surface area contributed by atoms with Crippen molar-refractivity contribution >= 4 is 39.6 Å². The van der Waals surface area contributed by atoms with Gasteiger partial charge in [0.1, 0.15) is 53.8 Å². The van der Waals surface area contributed by atoms with Gasteiger partial charge in [-0.15, -0.1) is 0 Å². The van der Waals surface area contributed by atoms with E-state index in [9.17, 15) is 10.2 Å². The second-order valence-electron chi connectivity index (χ2n) is 8.24. The summed E-state index contributed by atoms with van der Waals surface area (Å²) in [7, 11) is 0. The van der Waals surface area contributed by atoms with E-state index in [1.807, 2.05) is 12.1 Å². The van der Waals surface area contributed by atoms with Crippen LogP contribution in [-0.2, 0) is 4.74 Å². The maximum atomic E-state index is 11.1. The van der Waals surface area contributed by atoms with Gasteiger partial charge < -0.3 is 35.7 Å². The third-order valence-corrected chi connectivity index (χ3v) is 6.07. The van der Waals surface area contributed by atoms with Crippen molar-refractivity contribution in [2.24, 2.45) is 0 Å². The quantitative estimate of drug-likeness (QED) is 0.358. The molecule has 33 heavy (non-hydrogen) atoms. The fourth-order valence-electron chi connectivity index (χ4n) is 4.15. The van der Waals surface area contributed by atoms with Crippen molar-refractivity contribution in [3.63, 3.8) is 0 Å². The lowest BCUT2D eigenvalue weighted by Gasteiger charge is -2.26. The molecule has 4 atom stereocenters. The van der Waals surface area contributed by atoms with E-state index in [1.165, 1.54) is 13.3 Å². The molecular formula is C23H24N6O4. The van der Waals surface area contributed by atoms with Gasteiger partial charge in [0.05, 0.1) is 10.9 Å². The van der Waals surface area contributed by atoms with Gasteiger partial charge in [0.2, 0.25) is 0 Å². The van der Waals surface area contributed by atoms with E-state index in [1.54, 1.807) is 35.0 Å². The first kappa shape index (κ1) is 21.1. The second kappa shape index (κ2) is 7.69. The number of rotatable bonds is 5. The summed E-state index contributed by atoms with van der Waals surface area (Å²) >= 11 is 0. The number of aliphatic hydroxyl groups excluding tert-OH is 1. The van der Waals surface area contributed by atoms with Crippen LogP contribution in [0.3, 0.4) is 0 Å². The van der Waals surface area contributed by atoms with Crippen molar-refractivity contribution in [2.45, 2.75) is 31.0 Å². The van der Waals surface area contributed by atoms with Crippen molar-refractivity contribution in [3.8, 4) is 5.75 Å². The Hall–Kier alpha value is -3.73. The summed E-state index contributed by atoms with van der Waals surface area (Å²) in [5.41, 5.74) is 12.1. The van der Waals surface area contributed by atoms with Crippen LogP contribution < -0.4 is 16.2 Å². The average molecular weight is 448 g/mol. The third-order valence-electron chi connectivity index (χ3n) is 6.07. The van der Waals surface area contributed by atoms with Gasteiger partial charge in [0.25, 0.3) is 0 Å². The number of hydrogen-bond donors (Lipinski definition) is 4. The Morgan fingerprint density at radius 3 is 2.85 bits per heavy atom. The molecule has 1 aliphatic heterocycles. The highest BCUT2D eigenvalue weighted by Crippen LogP contribution is 2.40. The first-order valence-corrected chi connectivity index (χ1v) is 10.4. The van der Waals surface area contributed by atoms with Crippen molar-refractivity contribution in [2.75, 3.05) is 18.1 Å². The molecule has 3 aromatic heterocycles. The number of nitrogens with zero attached hydrogens (tertiary/aromatic N) is 4. The Morgan fingerprint density at radius 2 is 2.06 bits per heavy atom. The fourth-order valence-corrected chi connectivity index (χ4v) is 4.15. The average Bonchev–Trinajstić information content (AvgIpc) is 3.27. The van der Waals surface area contributed by atoms with Gasteiger partial charge in [-0.25, -0.2) is 15.0 Å². The van der Waals surface area contributed by atoms with Gasteiger partial charge >= 0.3 is 0 Å². The lowest BCUT2D eigenvalue weighted by atomic mass is 9.95. The smallest absolute Gasteiger partial charge is 0.164 e. The van der Waals surface area contributed by atoms with E-state index in [4.69, 9.17) is 20.9 Å². The number of fused-ring (bicyclic) bond motifs is 2. The standard InChI is InChI=1S/C23H24N6O4/c1-3-12-9-29(21-18(12)20(25)26-11-27-21)22-19(30)23(2,31)16(33-22)10-32-14-6-4-13-5-7-17(24)28-15(13)8-14/h3-9,11,16,19,22,30-31H,1,10H2,2H3,(H2,24,28)(H2,25,26,27)/t16-,19+,22-,23-/m1/s1. The minimum Gasteiger partial charge on any atom is -0.491 e. The topological polar surface area (TPSA) is 155 Å². The lowest BCUT2D eigenvalue weighted by molar-refractivity contribution is -0.0765. The van der Waals surface area contributed by atoms with Crippen molar-refractivity contribution in [3.05, 3.63) is 55.0 Å². The fraction of sp³-hybridized carbons (Fsp3) is 0.261. The van der Waals surface area contributed by atoms with Crippen LogP contribution in [0, 0.1) is 0 Å². The summed E-state index contributed by atoms with van der Waals surface area (Å²) in [5.74, 6) is 1.24. The SMILES string of the molecule is C=Cc1cn([C@@H]2O[C@H](COc3ccc4ccc(N)nc4c3)[C@@](C)(O)[C@H]2O)c2ncnc(N)c12. The van der Waals surface area contributed by atoms with E-state index >= 15 is 0 Å². The predicted molar refractivity (Wildman–Crippen MR) is 124 cm³/mol. The molecule has 170 valence electrons. The Balaban J connectivity index is 1.42. The van der Waals surface area contributed by atoms with Gasteiger partial charge in [-0.3, -0.25) is 0 Å². The number of benzene rings is 1.